The molecule has 0 atom stereocenters. The molecule has 3 nitrogen and oxygen atoms in total. The first kappa shape index (κ1) is 35.8. The summed E-state index contributed by atoms with van der Waals surface area (Å²) in [5.74, 6) is 0. The van der Waals surface area contributed by atoms with Gasteiger partial charge in [0.05, 0.1) is 11.0 Å². The molecule has 0 bridgehead atoms. The van der Waals surface area contributed by atoms with Gasteiger partial charge in [0.2, 0.25) is 0 Å². The van der Waals surface area contributed by atoms with E-state index in [1.54, 1.807) is 0 Å². The smallest absolute Gasteiger partial charge is 0.0544 e. The second-order valence-electron chi connectivity index (χ2n) is 16.5. The molecule has 0 saturated heterocycles. The molecule has 2 aliphatic carbocycles. The van der Waals surface area contributed by atoms with Gasteiger partial charge in [-0.15, -0.1) is 0 Å². The Bertz CT molecular complexity index is 3040. The van der Waals surface area contributed by atoms with Gasteiger partial charge >= 0.3 is 0 Å². The van der Waals surface area contributed by atoms with Crippen LogP contribution < -0.4 is 9.80 Å². The van der Waals surface area contributed by atoms with E-state index in [2.05, 4.69) is 241 Å². The van der Waals surface area contributed by atoms with E-state index in [1.807, 2.05) is 0 Å². The molecule has 0 unspecified atom stereocenters. The van der Waals surface area contributed by atoms with Crippen LogP contribution in [0.2, 0.25) is 0 Å². The molecule has 3 heteroatoms. The molecule has 0 aliphatic heterocycles. The maximum atomic E-state index is 2.47. The fourth-order valence-electron chi connectivity index (χ4n) is 9.66. The lowest BCUT2D eigenvalue weighted by Gasteiger charge is -2.29. The van der Waals surface area contributed by atoms with Gasteiger partial charge in [-0.2, -0.15) is 0 Å². The summed E-state index contributed by atoms with van der Waals surface area (Å²) < 4.78 is 2.47. The Balaban J connectivity index is 1.03. The molecule has 0 spiro atoms. The Morgan fingerprint density at radius 2 is 1.00 bits per heavy atom. The lowest BCUT2D eigenvalue weighted by Crippen LogP contribution is -2.17. The first-order chi connectivity index (χ1) is 29.5. The van der Waals surface area contributed by atoms with Crippen molar-refractivity contribution in [2.45, 2.75) is 32.1 Å². The summed E-state index contributed by atoms with van der Waals surface area (Å²) >= 11 is 0. The van der Waals surface area contributed by atoms with E-state index < -0.39 is 0 Å². The number of aromatic nitrogens is 1. The molecule has 0 N–H and O–H groups in total. The Morgan fingerprint density at radius 3 is 1.63 bits per heavy atom. The van der Waals surface area contributed by atoms with Crippen LogP contribution in [0.25, 0.3) is 49.7 Å². The summed E-state index contributed by atoms with van der Waals surface area (Å²) in [5.41, 5.74) is 18.3. The SMILES string of the molecule is CC1(C)c2ccccc2-c2cc3c4cc(N(c5ccccc5)c5ccccc5)ccc4n(-c4ccc(-c5ccc(N(C6=CC=CCC6)c6ccccc6)cc5)cc4)c3cc21. The standard InChI is InChI=1S/C57H45N3/c1-57(2)53-26-16-15-25-49(53)50-38-52-51-37-48(59(44-21-11-5-12-22-44)45-23-13-6-14-24-45)35-36-55(51)60(56(52)39-54(50)57)47-33-29-41(30-34-47)40-27-31-46(32-28-40)58(42-17-7-3-8-18-42)43-19-9-4-10-20-43/h3-9,11-19,21-39H,10,20H2,1-2H3. The summed E-state index contributed by atoms with van der Waals surface area (Å²) in [6, 6.07) is 71.1. The van der Waals surface area contributed by atoms with Crippen molar-refractivity contribution in [2.75, 3.05) is 9.80 Å². The molecule has 11 rings (SSSR count). The molecular formula is C57H45N3. The van der Waals surface area contributed by atoms with Crippen LogP contribution >= 0.6 is 0 Å². The van der Waals surface area contributed by atoms with Crippen molar-refractivity contribution < 1.29 is 0 Å². The number of nitrogens with zero attached hydrogens (tertiary/aromatic N) is 3. The third kappa shape index (κ3) is 5.96. The molecule has 288 valence electrons. The predicted octanol–water partition coefficient (Wildman–Crippen LogP) is 15.6. The maximum Gasteiger partial charge on any atom is 0.0544 e. The summed E-state index contributed by atoms with van der Waals surface area (Å²) in [5, 5.41) is 2.49. The highest BCUT2D eigenvalue weighted by atomic mass is 15.2. The van der Waals surface area contributed by atoms with Gasteiger partial charge in [0.25, 0.3) is 0 Å². The largest absolute Gasteiger partial charge is 0.314 e. The third-order valence-electron chi connectivity index (χ3n) is 12.6. The van der Waals surface area contributed by atoms with Gasteiger partial charge in [0.1, 0.15) is 0 Å². The molecule has 1 aromatic heterocycles. The van der Waals surface area contributed by atoms with Gasteiger partial charge in [0, 0.05) is 56.0 Å². The number of hydrogen-bond donors (Lipinski definition) is 0. The van der Waals surface area contributed by atoms with Gasteiger partial charge in [-0.05, 0) is 143 Å². The van der Waals surface area contributed by atoms with Crippen LogP contribution in [0.15, 0.2) is 218 Å². The highest BCUT2D eigenvalue weighted by molar-refractivity contribution is 6.13. The second-order valence-corrected chi connectivity index (χ2v) is 16.5. The number of anilines is 5. The molecule has 8 aromatic carbocycles. The monoisotopic (exact) mass is 771 g/mol. The van der Waals surface area contributed by atoms with Crippen LogP contribution in [0, 0.1) is 0 Å². The quantitative estimate of drug-likeness (QED) is 0.152. The molecule has 9 aromatic rings. The third-order valence-corrected chi connectivity index (χ3v) is 12.6. The number of rotatable bonds is 8. The fourth-order valence-corrected chi connectivity index (χ4v) is 9.66. The number of hydrogen-bond acceptors (Lipinski definition) is 2. The Kier molecular flexibility index (Phi) is 8.63. The zero-order valence-electron chi connectivity index (χ0n) is 34.0. The van der Waals surface area contributed by atoms with Crippen molar-refractivity contribution in [1.29, 1.82) is 0 Å². The number of allylic oxidation sites excluding steroid dienone is 4. The number of para-hydroxylation sites is 3. The van der Waals surface area contributed by atoms with E-state index in [-0.39, 0.29) is 5.41 Å². The highest BCUT2D eigenvalue weighted by Gasteiger charge is 2.36. The lowest BCUT2D eigenvalue weighted by molar-refractivity contribution is 0.661. The Morgan fingerprint density at radius 1 is 0.450 bits per heavy atom. The summed E-state index contributed by atoms with van der Waals surface area (Å²) in [7, 11) is 0. The van der Waals surface area contributed by atoms with Crippen molar-refractivity contribution in [3.8, 4) is 27.9 Å². The molecule has 0 radical (unpaired) electrons. The van der Waals surface area contributed by atoms with Gasteiger partial charge < -0.3 is 14.4 Å². The molecule has 0 amide bonds. The van der Waals surface area contributed by atoms with E-state index in [0.29, 0.717) is 0 Å². The predicted molar refractivity (Wildman–Crippen MR) is 254 cm³/mol. The maximum absolute atomic E-state index is 2.47. The van der Waals surface area contributed by atoms with E-state index in [9.17, 15) is 0 Å². The van der Waals surface area contributed by atoms with E-state index in [4.69, 9.17) is 0 Å². The average molecular weight is 772 g/mol. The number of benzene rings is 8. The minimum atomic E-state index is -0.111. The fraction of sp³-hybridized carbons (Fsp3) is 0.0877. The number of fused-ring (bicyclic) bond motifs is 6. The van der Waals surface area contributed by atoms with Crippen LogP contribution in [-0.4, -0.2) is 4.57 Å². The Hall–Kier alpha value is -7.36. The van der Waals surface area contributed by atoms with Crippen molar-refractivity contribution in [1.82, 2.24) is 4.57 Å². The summed E-state index contributed by atoms with van der Waals surface area (Å²) in [6.07, 6.45) is 8.74. The average Bonchev–Trinajstić information content (AvgIpc) is 3.74. The zero-order chi connectivity index (χ0) is 40.2. The summed E-state index contributed by atoms with van der Waals surface area (Å²) in [4.78, 5) is 4.75. The first-order valence-corrected chi connectivity index (χ1v) is 21.1. The first-order valence-electron chi connectivity index (χ1n) is 21.1. The lowest BCUT2D eigenvalue weighted by atomic mass is 9.82. The van der Waals surface area contributed by atoms with Crippen LogP contribution in [0.1, 0.15) is 37.8 Å². The van der Waals surface area contributed by atoms with E-state index in [1.165, 1.54) is 72.3 Å². The molecule has 60 heavy (non-hydrogen) atoms. The van der Waals surface area contributed by atoms with Gasteiger partial charge in [-0.1, -0.05) is 129 Å². The molecular weight excluding hydrogens is 727 g/mol. The van der Waals surface area contributed by atoms with E-state index in [0.717, 1.165) is 35.6 Å². The van der Waals surface area contributed by atoms with Crippen LogP contribution in [-0.2, 0) is 5.41 Å². The van der Waals surface area contributed by atoms with Crippen LogP contribution in [0.4, 0.5) is 28.4 Å². The topological polar surface area (TPSA) is 11.4 Å². The van der Waals surface area contributed by atoms with Crippen molar-refractivity contribution in [3.05, 3.63) is 229 Å². The summed E-state index contributed by atoms with van der Waals surface area (Å²) in [6.45, 7) is 4.74. The van der Waals surface area contributed by atoms with Crippen molar-refractivity contribution in [3.63, 3.8) is 0 Å². The molecule has 2 aliphatic rings. The van der Waals surface area contributed by atoms with Gasteiger partial charge in [0.15, 0.2) is 0 Å². The molecule has 0 saturated carbocycles. The van der Waals surface area contributed by atoms with Crippen molar-refractivity contribution >= 4 is 50.2 Å². The minimum Gasteiger partial charge on any atom is -0.314 e. The van der Waals surface area contributed by atoms with Gasteiger partial charge in [-0.25, -0.2) is 0 Å². The van der Waals surface area contributed by atoms with Crippen LogP contribution in [0.3, 0.4) is 0 Å². The Labute approximate surface area is 352 Å². The van der Waals surface area contributed by atoms with E-state index >= 15 is 0 Å². The second kappa shape index (κ2) is 14.5. The van der Waals surface area contributed by atoms with Gasteiger partial charge in [-0.3, -0.25) is 0 Å². The molecule has 0 fully saturated rings. The minimum absolute atomic E-state index is 0.111. The zero-order valence-corrected chi connectivity index (χ0v) is 34.0. The highest BCUT2D eigenvalue weighted by Crippen LogP contribution is 2.51. The molecule has 1 heterocycles. The van der Waals surface area contributed by atoms with Crippen LogP contribution in [0.5, 0.6) is 0 Å². The van der Waals surface area contributed by atoms with Crippen molar-refractivity contribution in [2.24, 2.45) is 0 Å². The normalized spacial score (nSPS) is 13.9.